The molecular formula is C22H23N3O6S. The third-order valence-corrected chi connectivity index (χ3v) is 5.71. The molecule has 3 rings (SSSR count). The zero-order chi connectivity index (χ0) is 23.1. The van der Waals surface area contributed by atoms with Gasteiger partial charge in [0.05, 0.1) is 31.0 Å². The maximum atomic E-state index is 12.7. The lowest BCUT2D eigenvalue weighted by atomic mass is 10.2. The molecule has 9 nitrogen and oxygen atoms in total. The van der Waals surface area contributed by atoms with Gasteiger partial charge in [0.2, 0.25) is 5.88 Å². The van der Waals surface area contributed by atoms with Gasteiger partial charge in [0.25, 0.3) is 15.9 Å². The highest BCUT2D eigenvalue weighted by Gasteiger charge is 2.17. The molecular weight excluding hydrogens is 434 g/mol. The number of rotatable bonds is 9. The number of carbonyl (C=O) groups is 1. The number of nitrogens with one attached hydrogen (secondary N) is 2. The summed E-state index contributed by atoms with van der Waals surface area (Å²) in [6.45, 7) is 2.39. The first-order valence-corrected chi connectivity index (χ1v) is 11.1. The highest BCUT2D eigenvalue weighted by molar-refractivity contribution is 7.92. The first-order chi connectivity index (χ1) is 15.4. The molecule has 0 saturated carbocycles. The first-order valence-electron chi connectivity index (χ1n) is 9.63. The third-order valence-electron chi connectivity index (χ3n) is 4.33. The van der Waals surface area contributed by atoms with Gasteiger partial charge in [-0.2, -0.15) is 0 Å². The van der Waals surface area contributed by atoms with Crippen molar-refractivity contribution in [2.75, 3.05) is 25.5 Å². The van der Waals surface area contributed by atoms with Gasteiger partial charge in [0, 0.05) is 24.2 Å². The van der Waals surface area contributed by atoms with Crippen LogP contribution in [-0.4, -0.2) is 40.1 Å². The van der Waals surface area contributed by atoms with Crippen LogP contribution in [0.25, 0.3) is 0 Å². The number of benzene rings is 2. The van der Waals surface area contributed by atoms with Crippen molar-refractivity contribution in [1.82, 2.24) is 10.3 Å². The zero-order valence-corrected chi connectivity index (χ0v) is 18.6. The number of anilines is 1. The lowest BCUT2D eigenvalue weighted by Crippen LogP contribution is -2.22. The quantitative estimate of drug-likeness (QED) is 0.506. The van der Waals surface area contributed by atoms with E-state index in [1.54, 1.807) is 24.3 Å². The Morgan fingerprint density at radius 3 is 2.28 bits per heavy atom. The minimum Gasteiger partial charge on any atom is -0.493 e. The van der Waals surface area contributed by atoms with Crippen molar-refractivity contribution in [3.8, 4) is 23.1 Å². The van der Waals surface area contributed by atoms with Crippen LogP contribution in [0.2, 0.25) is 0 Å². The smallest absolute Gasteiger partial charge is 0.262 e. The topological polar surface area (TPSA) is 116 Å². The average Bonchev–Trinajstić information content (AvgIpc) is 2.80. The number of ether oxygens (including phenoxy) is 3. The molecule has 0 aliphatic rings. The Kier molecular flexibility index (Phi) is 7.16. The Hall–Kier alpha value is -3.79. The molecule has 10 heteroatoms. The normalized spacial score (nSPS) is 10.8. The van der Waals surface area contributed by atoms with Gasteiger partial charge in [-0.25, -0.2) is 13.4 Å². The van der Waals surface area contributed by atoms with Crippen LogP contribution in [0.4, 0.5) is 5.69 Å². The number of pyridine rings is 1. The summed E-state index contributed by atoms with van der Waals surface area (Å²) in [5, 5.41) is 2.72. The molecule has 0 fully saturated rings. The van der Waals surface area contributed by atoms with Crippen LogP contribution in [-0.2, 0) is 10.0 Å². The van der Waals surface area contributed by atoms with Gasteiger partial charge >= 0.3 is 0 Å². The Bertz CT molecular complexity index is 1180. The number of methoxy groups -OCH3 is 2. The highest BCUT2D eigenvalue weighted by atomic mass is 32.2. The van der Waals surface area contributed by atoms with Gasteiger partial charge in [0.1, 0.15) is 5.75 Å². The fourth-order valence-corrected chi connectivity index (χ4v) is 3.81. The molecule has 1 heterocycles. The molecule has 0 aliphatic carbocycles. The van der Waals surface area contributed by atoms with Crippen molar-refractivity contribution in [3.05, 3.63) is 66.4 Å². The minimum atomic E-state index is -3.86. The second-order valence-electron chi connectivity index (χ2n) is 6.49. The van der Waals surface area contributed by atoms with Crippen LogP contribution in [0.15, 0.2) is 65.7 Å². The van der Waals surface area contributed by atoms with Crippen LogP contribution in [0.1, 0.15) is 17.3 Å². The maximum absolute atomic E-state index is 12.7. The summed E-state index contributed by atoms with van der Waals surface area (Å²) >= 11 is 0. The van der Waals surface area contributed by atoms with E-state index >= 15 is 0 Å². The van der Waals surface area contributed by atoms with Gasteiger partial charge in [-0.05, 0) is 49.4 Å². The van der Waals surface area contributed by atoms with Gasteiger partial charge in [0.15, 0.2) is 11.5 Å². The summed E-state index contributed by atoms with van der Waals surface area (Å²) in [5.74, 6) is 1.32. The second kappa shape index (κ2) is 10.0. The van der Waals surface area contributed by atoms with E-state index in [1.165, 1.54) is 50.7 Å². The van der Waals surface area contributed by atoms with Crippen LogP contribution in [0, 0.1) is 0 Å². The SMILES string of the molecule is CCNC(=O)c1ccc(Oc2ccc(NS(=O)(=O)c3ccc(OC)c(OC)c3)cn2)cc1. The predicted molar refractivity (Wildman–Crippen MR) is 119 cm³/mol. The molecule has 1 amide bonds. The molecule has 0 radical (unpaired) electrons. The van der Waals surface area contributed by atoms with Crippen molar-refractivity contribution < 1.29 is 27.4 Å². The molecule has 1 aromatic heterocycles. The number of nitrogens with zero attached hydrogens (tertiary/aromatic N) is 1. The Labute approximate surface area is 186 Å². The number of sulfonamides is 1. The molecule has 2 aromatic carbocycles. The molecule has 168 valence electrons. The fourth-order valence-electron chi connectivity index (χ4n) is 2.76. The molecule has 0 saturated heterocycles. The number of amides is 1. The zero-order valence-electron chi connectivity index (χ0n) is 17.8. The van der Waals surface area contributed by atoms with Crippen LogP contribution in [0.5, 0.6) is 23.1 Å². The third kappa shape index (κ3) is 5.46. The predicted octanol–water partition coefficient (Wildman–Crippen LogP) is 3.44. The summed E-state index contributed by atoms with van der Waals surface area (Å²) in [7, 11) is -0.967. The average molecular weight is 458 g/mol. The fraction of sp³-hybridized carbons (Fsp3) is 0.182. The highest BCUT2D eigenvalue weighted by Crippen LogP contribution is 2.30. The van der Waals surface area contributed by atoms with E-state index in [-0.39, 0.29) is 22.4 Å². The van der Waals surface area contributed by atoms with Crippen molar-refractivity contribution in [1.29, 1.82) is 0 Å². The minimum absolute atomic E-state index is 0.0164. The lowest BCUT2D eigenvalue weighted by molar-refractivity contribution is 0.0956. The van der Waals surface area contributed by atoms with Gasteiger partial charge in [-0.15, -0.1) is 0 Å². The molecule has 0 spiro atoms. The van der Waals surface area contributed by atoms with Crippen molar-refractivity contribution in [2.45, 2.75) is 11.8 Å². The molecule has 0 bridgehead atoms. The van der Waals surface area contributed by atoms with E-state index in [1.807, 2.05) is 6.92 Å². The number of hydrogen-bond acceptors (Lipinski definition) is 7. The summed E-state index contributed by atoms with van der Waals surface area (Å²) in [6, 6.07) is 14.0. The lowest BCUT2D eigenvalue weighted by Gasteiger charge is -2.12. The van der Waals surface area contributed by atoms with Gasteiger partial charge in [-0.1, -0.05) is 0 Å². The van der Waals surface area contributed by atoms with Crippen LogP contribution in [0.3, 0.4) is 0 Å². The van der Waals surface area contributed by atoms with E-state index in [2.05, 4.69) is 15.0 Å². The van der Waals surface area contributed by atoms with Crippen molar-refractivity contribution in [3.63, 3.8) is 0 Å². The molecule has 2 N–H and O–H groups in total. The molecule has 3 aromatic rings. The molecule has 0 unspecified atom stereocenters. The van der Waals surface area contributed by atoms with E-state index in [0.29, 0.717) is 29.4 Å². The molecule has 0 atom stereocenters. The Morgan fingerprint density at radius 2 is 1.69 bits per heavy atom. The Morgan fingerprint density at radius 1 is 0.969 bits per heavy atom. The van der Waals surface area contributed by atoms with E-state index in [4.69, 9.17) is 14.2 Å². The van der Waals surface area contributed by atoms with E-state index in [9.17, 15) is 13.2 Å². The van der Waals surface area contributed by atoms with Crippen molar-refractivity contribution in [2.24, 2.45) is 0 Å². The second-order valence-corrected chi connectivity index (χ2v) is 8.18. The Balaban J connectivity index is 1.68. The standard InChI is InChI=1S/C22H23N3O6S/c1-4-23-22(26)15-5-8-17(9-6-15)31-21-12-7-16(14-24-21)25-32(27,28)18-10-11-19(29-2)20(13-18)30-3/h5-14,25H,4H2,1-3H3,(H,23,26). The van der Waals surface area contributed by atoms with Gasteiger partial charge in [-0.3, -0.25) is 9.52 Å². The first kappa shape index (κ1) is 22.9. The summed E-state index contributed by atoms with van der Waals surface area (Å²) in [6.07, 6.45) is 1.34. The van der Waals surface area contributed by atoms with Crippen molar-refractivity contribution >= 4 is 21.6 Å². The summed E-state index contributed by atoms with van der Waals surface area (Å²) in [4.78, 5) is 15.9. The van der Waals surface area contributed by atoms with Crippen LogP contribution < -0.4 is 24.2 Å². The number of carbonyl (C=O) groups excluding carboxylic acids is 1. The molecule has 32 heavy (non-hydrogen) atoms. The number of aromatic nitrogens is 1. The maximum Gasteiger partial charge on any atom is 0.262 e. The van der Waals surface area contributed by atoms with E-state index < -0.39 is 10.0 Å². The van der Waals surface area contributed by atoms with Gasteiger partial charge < -0.3 is 19.5 Å². The number of hydrogen-bond donors (Lipinski definition) is 2. The van der Waals surface area contributed by atoms with Crippen LogP contribution >= 0.6 is 0 Å². The largest absolute Gasteiger partial charge is 0.493 e. The summed E-state index contributed by atoms with van der Waals surface area (Å²) in [5.41, 5.74) is 0.783. The molecule has 0 aliphatic heterocycles. The van der Waals surface area contributed by atoms with E-state index in [0.717, 1.165) is 0 Å². The monoisotopic (exact) mass is 457 g/mol. The summed E-state index contributed by atoms with van der Waals surface area (Å²) < 4.78 is 43.8.